The molecule has 106 valence electrons. The predicted octanol–water partition coefficient (Wildman–Crippen LogP) is 3.61. The van der Waals surface area contributed by atoms with Gasteiger partial charge in [0.05, 0.1) is 6.04 Å². The van der Waals surface area contributed by atoms with Crippen molar-refractivity contribution in [3.63, 3.8) is 0 Å². The molecule has 0 spiro atoms. The summed E-state index contributed by atoms with van der Waals surface area (Å²) in [5.41, 5.74) is 8.14. The molecule has 4 heteroatoms. The first kappa shape index (κ1) is 14.5. The molecular weight excluding hydrogens is 260 g/mol. The lowest BCUT2D eigenvalue weighted by Gasteiger charge is -2.14. The Labute approximate surface area is 117 Å². The fourth-order valence-corrected chi connectivity index (χ4v) is 1.87. The summed E-state index contributed by atoms with van der Waals surface area (Å²) in [6.07, 6.45) is 0.965. The van der Waals surface area contributed by atoms with Crippen LogP contribution in [-0.2, 0) is 6.42 Å². The van der Waals surface area contributed by atoms with E-state index in [0.29, 0.717) is 0 Å². The molecule has 0 aromatic heterocycles. The molecule has 0 bridgehead atoms. The highest BCUT2D eigenvalue weighted by molar-refractivity contribution is 5.27. The smallest absolute Gasteiger partial charge is 0.167 e. The van der Waals surface area contributed by atoms with E-state index in [-0.39, 0.29) is 18.4 Å². The Morgan fingerprint density at radius 2 is 1.80 bits per heavy atom. The van der Waals surface area contributed by atoms with Crippen molar-refractivity contribution in [3.8, 4) is 5.75 Å². The summed E-state index contributed by atoms with van der Waals surface area (Å²) in [5, 5.41) is 0. The lowest BCUT2D eigenvalue weighted by molar-refractivity contribution is 0.276. The fraction of sp³-hybridized carbons (Fsp3) is 0.250. The van der Waals surface area contributed by atoms with Crippen LogP contribution in [0.15, 0.2) is 42.5 Å². The molecule has 20 heavy (non-hydrogen) atoms. The highest BCUT2D eigenvalue weighted by atomic mass is 19.1. The van der Waals surface area contributed by atoms with E-state index in [1.54, 1.807) is 0 Å². The number of hydrogen-bond acceptors (Lipinski definition) is 2. The summed E-state index contributed by atoms with van der Waals surface area (Å²) in [7, 11) is 0. The van der Waals surface area contributed by atoms with Crippen LogP contribution in [-0.4, -0.2) is 6.61 Å². The van der Waals surface area contributed by atoms with Crippen molar-refractivity contribution in [2.75, 3.05) is 6.61 Å². The van der Waals surface area contributed by atoms with Gasteiger partial charge in [-0.05, 0) is 29.7 Å². The minimum atomic E-state index is -0.724. The van der Waals surface area contributed by atoms with Gasteiger partial charge in [0.1, 0.15) is 12.4 Å². The van der Waals surface area contributed by atoms with Crippen LogP contribution in [0.4, 0.5) is 8.78 Å². The average molecular weight is 277 g/mol. The first-order valence-electron chi connectivity index (χ1n) is 6.52. The van der Waals surface area contributed by atoms with Gasteiger partial charge in [0.15, 0.2) is 11.6 Å². The molecule has 0 saturated heterocycles. The van der Waals surface area contributed by atoms with E-state index in [1.165, 1.54) is 11.6 Å². The maximum Gasteiger partial charge on any atom is 0.167 e. The second-order valence-electron chi connectivity index (χ2n) is 4.59. The molecule has 0 saturated carbocycles. The van der Waals surface area contributed by atoms with Gasteiger partial charge in [-0.2, -0.15) is 0 Å². The van der Waals surface area contributed by atoms with Crippen LogP contribution in [0.2, 0.25) is 0 Å². The number of rotatable bonds is 5. The molecule has 0 aliphatic carbocycles. The SMILES string of the molecule is CCc1ccc(C(N)COc2ccc(F)cc2F)cc1. The summed E-state index contributed by atoms with van der Waals surface area (Å²) in [4.78, 5) is 0. The van der Waals surface area contributed by atoms with Crippen LogP contribution in [0.3, 0.4) is 0 Å². The van der Waals surface area contributed by atoms with Crippen molar-refractivity contribution >= 4 is 0 Å². The van der Waals surface area contributed by atoms with Crippen molar-refractivity contribution in [2.45, 2.75) is 19.4 Å². The zero-order valence-electron chi connectivity index (χ0n) is 11.3. The Bertz CT molecular complexity index is 569. The highest BCUT2D eigenvalue weighted by Gasteiger charge is 2.10. The maximum absolute atomic E-state index is 13.4. The van der Waals surface area contributed by atoms with Gasteiger partial charge < -0.3 is 10.5 Å². The van der Waals surface area contributed by atoms with E-state index in [0.717, 1.165) is 24.1 Å². The molecule has 2 rings (SSSR count). The normalized spacial score (nSPS) is 12.2. The Kier molecular flexibility index (Phi) is 4.69. The molecule has 0 radical (unpaired) electrons. The van der Waals surface area contributed by atoms with Crippen LogP contribution >= 0.6 is 0 Å². The van der Waals surface area contributed by atoms with Crippen LogP contribution in [0.1, 0.15) is 24.1 Å². The number of ether oxygens (including phenoxy) is 1. The molecular formula is C16H17F2NO. The predicted molar refractivity (Wildman–Crippen MR) is 74.6 cm³/mol. The molecule has 2 nitrogen and oxygen atoms in total. The Morgan fingerprint density at radius 3 is 2.40 bits per heavy atom. The largest absolute Gasteiger partial charge is 0.489 e. The van der Waals surface area contributed by atoms with Crippen molar-refractivity contribution in [1.82, 2.24) is 0 Å². The van der Waals surface area contributed by atoms with Gasteiger partial charge in [-0.15, -0.1) is 0 Å². The second-order valence-corrected chi connectivity index (χ2v) is 4.59. The third-order valence-corrected chi connectivity index (χ3v) is 3.13. The minimum Gasteiger partial charge on any atom is -0.489 e. The maximum atomic E-state index is 13.4. The monoisotopic (exact) mass is 277 g/mol. The average Bonchev–Trinajstić information content (AvgIpc) is 2.46. The molecule has 1 unspecified atom stereocenters. The number of aryl methyl sites for hydroxylation is 1. The van der Waals surface area contributed by atoms with E-state index < -0.39 is 11.6 Å². The van der Waals surface area contributed by atoms with Crippen molar-refractivity contribution in [3.05, 3.63) is 65.2 Å². The molecule has 0 heterocycles. The molecule has 2 N–H and O–H groups in total. The molecule has 0 amide bonds. The van der Waals surface area contributed by atoms with Gasteiger partial charge in [-0.3, -0.25) is 0 Å². The zero-order chi connectivity index (χ0) is 14.5. The van der Waals surface area contributed by atoms with E-state index in [2.05, 4.69) is 6.92 Å². The van der Waals surface area contributed by atoms with E-state index in [9.17, 15) is 8.78 Å². The Balaban J connectivity index is 1.98. The van der Waals surface area contributed by atoms with Crippen molar-refractivity contribution in [1.29, 1.82) is 0 Å². The van der Waals surface area contributed by atoms with E-state index in [1.807, 2.05) is 24.3 Å². The van der Waals surface area contributed by atoms with Gasteiger partial charge in [-0.1, -0.05) is 31.2 Å². The molecule has 2 aromatic rings. The van der Waals surface area contributed by atoms with Gasteiger partial charge in [-0.25, -0.2) is 8.78 Å². The van der Waals surface area contributed by atoms with Gasteiger partial charge in [0.2, 0.25) is 0 Å². The number of nitrogens with two attached hydrogens (primary N) is 1. The Morgan fingerprint density at radius 1 is 1.10 bits per heavy atom. The van der Waals surface area contributed by atoms with Gasteiger partial charge >= 0.3 is 0 Å². The van der Waals surface area contributed by atoms with Gasteiger partial charge in [0.25, 0.3) is 0 Å². The second kappa shape index (κ2) is 6.48. The quantitative estimate of drug-likeness (QED) is 0.906. The molecule has 0 fully saturated rings. The first-order chi connectivity index (χ1) is 9.60. The number of benzene rings is 2. The standard InChI is InChI=1S/C16H17F2NO/c1-2-11-3-5-12(6-4-11)15(19)10-20-16-8-7-13(17)9-14(16)18/h3-9,15H,2,10,19H2,1H3. The van der Waals surface area contributed by atoms with Crippen molar-refractivity contribution in [2.24, 2.45) is 5.73 Å². The summed E-state index contributed by atoms with van der Waals surface area (Å²) >= 11 is 0. The third kappa shape index (κ3) is 3.54. The minimum absolute atomic E-state index is 0.00651. The molecule has 1 atom stereocenters. The van der Waals surface area contributed by atoms with Crippen LogP contribution in [0.25, 0.3) is 0 Å². The van der Waals surface area contributed by atoms with E-state index in [4.69, 9.17) is 10.5 Å². The summed E-state index contributed by atoms with van der Waals surface area (Å²) in [6, 6.07) is 10.7. The topological polar surface area (TPSA) is 35.2 Å². The lowest BCUT2D eigenvalue weighted by atomic mass is 10.1. The lowest BCUT2D eigenvalue weighted by Crippen LogP contribution is -2.19. The highest BCUT2D eigenvalue weighted by Crippen LogP contribution is 2.20. The number of halogens is 2. The third-order valence-electron chi connectivity index (χ3n) is 3.13. The molecule has 0 aliphatic rings. The molecule has 2 aromatic carbocycles. The van der Waals surface area contributed by atoms with Crippen LogP contribution < -0.4 is 10.5 Å². The first-order valence-corrected chi connectivity index (χ1v) is 6.52. The van der Waals surface area contributed by atoms with Crippen LogP contribution in [0, 0.1) is 11.6 Å². The van der Waals surface area contributed by atoms with E-state index >= 15 is 0 Å². The summed E-state index contributed by atoms with van der Waals surface area (Å²) < 4.78 is 31.5. The summed E-state index contributed by atoms with van der Waals surface area (Å²) in [6.45, 7) is 2.21. The number of hydrogen-bond donors (Lipinski definition) is 1. The summed E-state index contributed by atoms with van der Waals surface area (Å²) in [5.74, 6) is -1.35. The van der Waals surface area contributed by atoms with Crippen LogP contribution in [0.5, 0.6) is 5.75 Å². The Hall–Kier alpha value is -1.94. The van der Waals surface area contributed by atoms with Gasteiger partial charge in [0, 0.05) is 6.07 Å². The van der Waals surface area contributed by atoms with Crippen molar-refractivity contribution < 1.29 is 13.5 Å². The molecule has 0 aliphatic heterocycles. The fourth-order valence-electron chi connectivity index (χ4n) is 1.87. The zero-order valence-corrected chi connectivity index (χ0v) is 11.3.